The molecule has 0 bridgehead atoms. The minimum absolute atomic E-state index is 0.622. The lowest BCUT2D eigenvalue weighted by atomic mass is 10.4. The molecule has 4 aromatic carbocycles. The normalized spacial score (nSPS) is 11.3. The van der Waals surface area contributed by atoms with E-state index in [-0.39, 0.29) is 0 Å². The minimum atomic E-state index is -0.725. The molecule has 0 radical (unpaired) electrons. The monoisotopic (exact) mass is 428 g/mol. The third kappa shape index (κ3) is 4.86. The van der Waals surface area contributed by atoms with Crippen LogP contribution in [0, 0.1) is 0 Å². The molecule has 0 unspecified atom stereocenters. The van der Waals surface area contributed by atoms with Crippen LogP contribution in [0.1, 0.15) is 0 Å². The van der Waals surface area contributed by atoms with Crippen LogP contribution in [0.15, 0.2) is 121 Å². The summed E-state index contributed by atoms with van der Waals surface area (Å²) in [7, 11) is -1.45. The van der Waals surface area contributed by atoms with Gasteiger partial charge in [0.15, 0.2) is 0 Å². The van der Waals surface area contributed by atoms with Crippen LogP contribution in [-0.4, -0.2) is 17.5 Å². The van der Waals surface area contributed by atoms with E-state index in [2.05, 4.69) is 126 Å². The molecule has 0 fully saturated rings. The number of nitrogens with two attached hydrogens (primary N) is 1. The van der Waals surface area contributed by atoms with Crippen LogP contribution in [-0.2, 0) is 0 Å². The zero-order chi connectivity index (χ0) is 20.6. The van der Waals surface area contributed by atoms with Crippen molar-refractivity contribution < 1.29 is 0 Å². The molecule has 2 N–H and O–H groups in total. The molecule has 4 heteroatoms. The number of hydrogen-bond acceptors (Lipinski definition) is 2. The van der Waals surface area contributed by atoms with E-state index in [0.29, 0.717) is 6.54 Å². The molecule has 0 saturated heterocycles. The standard InChI is InChI=1S/C26H26N2P2/c27-21-22-28(29(23-13-5-1-6-14-23)24-15-7-2-8-16-24)30(25-17-9-3-10-18-25)26-19-11-4-12-20-26/h1-20H,21-22,27H2. The fourth-order valence-corrected chi connectivity index (χ4v) is 9.58. The fraction of sp³-hybridized carbons (Fsp3) is 0.0769. The van der Waals surface area contributed by atoms with E-state index < -0.39 is 16.1 Å². The average Bonchev–Trinajstić information content (AvgIpc) is 2.82. The Hall–Kier alpha value is -2.34. The molecule has 0 atom stereocenters. The second-order valence-corrected chi connectivity index (χ2v) is 11.4. The van der Waals surface area contributed by atoms with Crippen LogP contribution in [0.5, 0.6) is 0 Å². The summed E-state index contributed by atoms with van der Waals surface area (Å²) in [5.41, 5.74) is 6.20. The molecular formula is C26H26N2P2. The van der Waals surface area contributed by atoms with Crippen molar-refractivity contribution in [2.24, 2.45) is 5.73 Å². The predicted octanol–water partition coefficient (Wildman–Crippen LogP) is 4.34. The van der Waals surface area contributed by atoms with Gasteiger partial charge < -0.3 is 5.73 Å². The molecule has 0 aliphatic carbocycles. The highest BCUT2D eigenvalue weighted by Gasteiger charge is 2.30. The van der Waals surface area contributed by atoms with Gasteiger partial charge in [-0.1, -0.05) is 121 Å². The highest BCUT2D eigenvalue weighted by atomic mass is 31.2. The van der Waals surface area contributed by atoms with Crippen molar-refractivity contribution in [2.45, 2.75) is 0 Å². The lowest BCUT2D eigenvalue weighted by Crippen LogP contribution is -2.34. The predicted molar refractivity (Wildman–Crippen MR) is 134 cm³/mol. The number of rotatable bonds is 8. The Morgan fingerprint density at radius 2 is 0.733 bits per heavy atom. The topological polar surface area (TPSA) is 29.3 Å². The van der Waals surface area contributed by atoms with Crippen LogP contribution in [0.3, 0.4) is 0 Å². The maximum absolute atomic E-state index is 6.20. The van der Waals surface area contributed by atoms with Gasteiger partial charge in [-0.3, -0.25) is 0 Å². The van der Waals surface area contributed by atoms with Crippen LogP contribution in [0.2, 0.25) is 0 Å². The Balaban J connectivity index is 1.89. The van der Waals surface area contributed by atoms with Gasteiger partial charge in [-0.05, 0) is 21.2 Å². The molecule has 0 aliphatic heterocycles. The molecule has 4 rings (SSSR count). The van der Waals surface area contributed by atoms with Crippen LogP contribution >= 0.6 is 16.1 Å². The second kappa shape index (κ2) is 10.6. The third-order valence-electron chi connectivity index (χ3n) is 4.79. The van der Waals surface area contributed by atoms with Crippen LogP contribution in [0.4, 0.5) is 0 Å². The van der Waals surface area contributed by atoms with E-state index in [0.717, 1.165) is 6.54 Å². The maximum atomic E-state index is 6.20. The minimum Gasteiger partial charge on any atom is -0.329 e. The van der Waals surface area contributed by atoms with Gasteiger partial charge in [-0.25, -0.2) is 4.44 Å². The molecule has 4 aromatic rings. The van der Waals surface area contributed by atoms with Crippen molar-refractivity contribution in [1.82, 2.24) is 4.44 Å². The van der Waals surface area contributed by atoms with E-state index in [1.54, 1.807) is 0 Å². The highest BCUT2D eigenvalue weighted by molar-refractivity contribution is 7.84. The molecule has 30 heavy (non-hydrogen) atoms. The van der Waals surface area contributed by atoms with Gasteiger partial charge in [-0.15, -0.1) is 0 Å². The van der Waals surface area contributed by atoms with Gasteiger partial charge in [0.1, 0.15) is 0 Å². The Kier molecular flexibility index (Phi) is 7.40. The first-order chi connectivity index (χ1) is 14.9. The van der Waals surface area contributed by atoms with Crippen LogP contribution in [0.25, 0.3) is 0 Å². The van der Waals surface area contributed by atoms with Gasteiger partial charge in [0, 0.05) is 29.2 Å². The van der Waals surface area contributed by atoms with E-state index in [1.165, 1.54) is 21.2 Å². The van der Waals surface area contributed by atoms with Crippen LogP contribution < -0.4 is 27.0 Å². The summed E-state index contributed by atoms with van der Waals surface area (Å²) in [4.78, 5) is 0. The molecule has 0 aromatic heterocycles. The lowest BCUT2D eigenvalue weighted by Gasteiger charge is -2.38. The van der Waals surface area contributed by atoms with E-state index in [9.17, 15) is 0 Å². The van der Waals surface area contributed by atoms with Gasteiger partial charge in [-0.2, -0.15) is 0 Å². The molecular weight excluding hydrogens is 402 g/mol. The summed E-state index contributed by atoms with van der Waals surface area (Å²) in [6.45, 7) is 1.46. The Morgan fingerprint density at radius 3 is 0.967 bits per heavy atom. The van der Waals surface area contributed by atoms with Crippen molar-refractivity contribution in [3.8, 4) is 0 Å². The largest absolute Gasteiger partial charge is 0.329 e. The zero-order valence-electron chi connectivity index (χ0n) is 16.9. The SMILES string of the molecule is NCCN(P(c1ccccc1)c1ccccc1)P(c1ccccc1)c1ccccc1. The molecule has 0 aliphatic rings. The number of benzene rings is 4. The first-order valence-corrected chi connectivity index (χ1v) is 12.8. The van der Waals surface area contributed by atoms with Crippen molar-refractivity contribution in [2.75, 3.05) is 13.1 Å². The summed E-state index contributed by atoms with van der Waals surface area (Å²) >= 11 is 0. The number of hydrogen-bond donors (Lipinski definition) is 1. The Morgan fingerprint density at radius 1 is 0.467 bits per heavy atom. The van der Waals surface area contributed by atoms with E-state index >= 15 is 0 Å². The smallest absolute Gasteiger partial charge is 0.0323 e. The third-order valence-corrected chi connectivity index (χ3v) is 10.3. The Labute approximate surface area is 182 Å². The van der Waals surface area contributed by atoms with Gasteiger partial charge in [0.2, 0.25) is 0 Å². The van der Waals surface area contributed by atoms with E-state index in [1.807, 2.05) is 0 Å². The van der Waals surface area contributed by atoms with Crippen molar-refractivity contribution >= 4 is 37.4 Å². The average molecular weight is 428 g/mol. The van der Waals surface area contributed by atoms with Gasteiger partial charge in [0.25, 0.3) is 0 Å². The second-order valence-electron chi connectivity index (χ2n) is 6.85. The zero-order valence-corrected chi connectivity index (χ0v) is 18.7. The van der Waals surface area contributed by atoms with Gasteiger partial charge in [0.05, 0.1) is 0 Å². The molecule has 0 heterocycles. The molecule has 2 nitrogen and oxygen atoms in total. The molecule has 0 amide bonds. The van der Waals surface area contributed by atoms with Crippen molar-refractivity contribution in [1.29, 1.82) is 0 Å². The highest BCUT2D eigenvalue weighted by Crippen LogP contribution is 2.53. The van der Waals surface area contributed by atoms with Gasteiger partial charge >= 0.3 is 0 Å². The quantitative estimate of drug-likeness (QED) is 0.423. The summed E-state index contributed by atoms with van der Waals surface area (Å²) < 4.78 is 2.67. The number of nitrogens with zero attached hydrogens (tertiary/aromatic N) is 1. The summed E-state index contributed by atoms with van der Waals surface area (Å²) in [6.07, 6.45) is 0. The lowest BCUT2D eigenvalue weighted by molar-refractivity contribution is 0.716. The van der Waals surface area contributed by atoms with Crippen molar-refractivity contribution in [3.63, 3.8) is 0 Å². The fourth-order valence-electron chi connectivity index (χ4n) is 3.51. The summed E-state index contributed by atoms with van der Waals surface area (Å²) in [5.74, 6) is 0. The van der Waals surface area contributed by atoms with Crippen molar-refractivity contribution in [3.05, 3.63) is 121 Å². The van der Waals surface area contributed by atoms with E-state index in [4.69, 9.17) is 5.73 Å². The molecule has 0 spiro atoms. The molecule has 150 valence electrons. The maximum Gasteiger partial charge on any atom is 0.0323 e. The Bertz CT molecular complexity index is 850. The first-order valence-electron chi connectivity index (χ1n) is 10.2. The molecule has 0 saturated carbocycles. The summed E-state index contributed by atoms with van der Waals surface area (Å²) in [5, 5.41) is 5.41. The first kappa shape index (κ1) is 20.9. The summed E-state index contributed by atoms with van der Waals surface area (Å²) in [6, 6.07) is 43.5.